The second kappa shape index (κ2) is 11.6. The summed E-state index contributed by atoms with van der Waals surface area (Å²) in [7, 11) is 0. The van der Waals surface area contributed by atoms with E-state index in [9.17, 15) is 9.59 Å². The third kappa shape index (κ3) is 8.77. The van der Waals surface area contributed by atoms with E-state index in [1.807, 2.05) is 6.92 Å². The van der Waals surface area contributed by atoms with Gasteiger partial charge in [0.05, 0.1) is 0 Å². The van der Waals surface area contributed by atoms with E-state index in [0.717, 1.165) is 44.9 Å². The van der Waals surface area contributed by atoms with E-state index in [1.54, 1.807) is 0 Å². The van der Waals surface area contributed by atoms with E-state index in [4.69, 9.17) is 5.11 Å². The lowest BCUT2D eigenvalue weighted by molar-refractivity contribution is -0.139. The monoisotopic (exact) mass is 286 g/mol. The molecule has 3 N–H and O–H groups in total. The minimum atomic E-state index is -0.964. The lowest BCUT2D eigenvalue weighted by Gasteiger charge is -2.20. The smallest absolute Gasteiger partial charge is 0.326 e. The molecule has 0 aromatic heterocycles. The molecule has 0 aliphatic heterocycles. The van der Waals surface area contributed by atoms with Gasteiger partial charge in [0, 0.05) is 6.04 Å². The zero-order chi connectivity index (χ0) is 15.4. The minimum Gasteiger partial charge on any atom is -0.480 e. The average molecular weight is 286 g/mol. The summed E-state index contributed by atoms with van der Waals surface area (Å²) in [4.78, 5) is 23.0. The zero-order valence-corrected chi connectivity index (χ0v) is 13.1. The standard InChI is InChI=1S/C15H30N2O3/c1-4-7-10-12(9-6-3)16-15(20)17-13(14(18)19)11-8-5-2/h12-13H,4-11H2,1-3H3,(H,18,19)(H2,16,17,20)/t12?,13-/m0/s1. The summed E-state index contributed by atoms with van der Waals surface area (Å²) in [5.41, 5.74) is 0. The van der Waals surface area contributed by atoms with Crippen LogP contribution in [0.2, 0.25) is 0 Å². The summed E-state index contributed by atoms with van der Waals surface area (Å²) in [6.45, 7) is 6.20. The number of nitrogens with one attached hydrogen (secondary N) is 2. The van der Waals surface area contributed by atoms with Gasteiger partial charge in [-0.3, -0.25) is 0 Å². The number of rotatable bonds is 11. The van der Waals surface area contributed by atoms with Crippen LogP contribution in [0, 0.1) is 0 Å². The first-order valence-corrected chi connectivity index (χ1v) is 7.84. The van der Waals surface area contributed by atoms with Crippen LogP contribution in [0.5, 0.6) is 0 Å². The molecule has 1 unspecified atom stereocenters. The third-order valence-corrected chi connectivity index (χ3v) is 3.33. The van der Waals surface area contributed by atoms with Gasteiger partial charge in [0.15, 0.2) is 0 Å². The number of carbonyl (C=O) groups is 2. The summed E-state index contributed by atoms with van der Waals surface area (Å²) < 4.78 is 0. The van der Waals surface area contributed by atoms with E-state index in [-0.39, 0.29) is 12.1 Å². The molecular formula is C15H30N2O3. The first kappa shape index (κ1) is 18.7. The molecule has 0 fully saturated rings. The van der Waals surface area contributed by atoms with Crippen molar-refractivity contribution in [3.05, 3.63) is 0 Å². The van der Waals surface area contributed by atoms with Gasteiger partial charge in [0.1, 0.15) is 6.04 Å². The number of unbranched alkanes of at least 4 members (excludes halogenated alkanes) is 2. The minimum absolute atomic E-state index is 0.139. The summed E-state index contributed by atoms with van der Waals surface area (Å²) in [5.74, 6) is -0.964. The maximum atomic E-state index is 11.9. The van der Waals surface area contributed by atoms with Crippen LogP contribution in [0.1, 0.15) is 72.1 Å². The Kier molecular flexibility index (Phi) is 10.8. The molecule has 118 valence electrons. The highest BCUT2D eigenvalue weighted by Crippen LogP contribution is 2.07. The molecule has 5 nitrogen and oxygen atoms in total. The van der Waals surface area contributed by atoms with Crippen LogP contribution < -0.4 is 10.6 Å². The van der Waals surface area contributed by atoms with Crippen LogP contribution in [-0.4, -0.2) is 29.2 Å². The Bertz CT molecular complexity index is 282. The Balaban J connectivity index is 4.28. The number of hydrogen-bond acceptors (Lipinski definition) is 2. The van der Waals surface area contributed by atoms with Gasteiger partial charge in [-0.15, -0.1) is 0 Å². The van der Waals surface area contributed by atoms with Crippen molar-refractivity contribution in [1.82, 2.24) is 10.6 Å². The molecule has 2 atom stereocenters. The fraction of sp³-hybridized carbons (Fsp3) is 0.867. The van der Waals surface area contributed by atoms with E-state index < -0.39 is 12.0 Å². The molecule has 0 rings (SSSR count). The predicted octanol–water partition coefficient (Wildman–Crippen LogP) is 3.29. The van der Waals surface area contributed by atoms with Crippen LogP contribution >= 0.6 is 0 Å². The fourth-order valence-electron chi connectivity index (χ4n) is 2.14. The van der Waals surface area contributed by atoms with Gasteiger partial charge in [-0.1, -0.05) is 52.9 Å². The first-order chi connectivity index (χ1) is 9.54. The van der Waals surface area contributed by atoms with Crippen molar-refractivity contribution < 1.29 is 14.7 Å². The van der Waals surface area contributed by atoms with Crippen molar-refractivity contribution in [3.63, 3.8) is 0 Å². The number of carboxylic acids is 1. The van der Waals surface area contributed by atoms with Gasteiger partial charge in [0.2, 0.25) is 0 Å². The van der Waals surface area contributed by atoms with Crippen molar-refractivity contribution in [1.29, 1.82) is 0 Å². The molecule has 0 aliphatic rings. The number of amides is 2. The zero-order valence-electron chi connectivity index (χ0n) is 13.1. The molecule has 0 spiro atoms. The van der Waals surface area contributed by atoms with Gasteiger partial charge in [-0.05, 0) is 19.3 Å². The second-order valence-corrected chi connectivity index (χ2v) is 5.28. The van der Waals surface area contributed by atoms with Crippen LogP contribution in [0.25, 0.3) is 0 Å². The highest BCUT2D eigenvalue weighted by molar-refractivity contribution is 5.82. The third-order valence-electron chi connectivity index (χ3n) is 3.33. The van der Waals surface area contributed by atoms with E-state index in [2.05, 4.69) is 24.5 Å². The van der Waals surface area contributed by atoms with Gasteiger partial charge in [0.25, 0.3) is 0 Å². The molecule has 0 saturated heterocycles. The highest BCUT2D eigenvalue weighted by atomic mass is 16.4. The Hall–Kier alpha value is -1.26. The molecule has 0 heterocycles. The van der Waals surface area contributed by atoms with E-state index in [1.165, 1.54) is 0 Å². The summed E-state index contributed by atoms with van der Waals surface area (Å²) in [6.07, 6.45) is 7.25. The lowest BCUT2D eigenvalue weighted by Crippen LogP contribution is -2.49. The molecule has 0 saturated carbocycles. The molecule has 0 radical (unpaired) electrons. The van der Waals surface area contributed by atoms with Gasteiger partial charge in [-0.2, -0.15) is 0 Å². The van der Waals surface area contributed by atoms with Crippen LogP contribution in [-0.2, 0) is 4.79 Å². The van der Waals surface area contributed by atoms with Crippen molar-refractivity contribution in [3.8, 4) is 0 Å². The van der Waals surface area contributed by atoms with Crippen LogP contribution in [0.4, 0.5) is 4.79 Å². The molecule has 0 aromatic carbocycles. The molecule has 20 heavy (non-hydrogen) atoms. The molecular weight excluding hydrogens is 256 g/mol. The fourth-order valence-corrected chi connectivity index (χ4v) is 2.14. The average Bonchev–Trinajstić information content (AvgIpc) is 2.40. The van der Waals surface area contributed by atoms with Crippen molar-refractivity contribution in [2.45, 2.75) is 84.2 Å². The summed E-state index contributed by atoms with van der Waals surface area (Å²) in [5, 5.41) is 14.6. The number of aliphatic carboxylic acids is 1. The Labute approximate surface area is 122 Å². The quantitative estimate of drug-likeness (QED) is 0.545. The Morgan fingerprint density at radius 3 is 2.00 bits per heavy atom. The number of carboxylic acid groups (broad SMARTS) is 1. The van der Waals surface area contributed by atoms with Gasteiger partial charge in [-0.25, -0.2) is 9.59 Å². The SMILES string of the molecule is CCCCC(CCC)NC(=O)N[C@@H](CCCC)C(=O)O. The Morgan fingerprint density at radius 2 is 1.50 bits per heavy atom. The normalized spacial score (nSPS) is 13.6. The van der Waals surface area contributed by atoms with Crippen molar-refractivity contribution >= 4 is 12.0 Å². The van der Waals surface area contributed by atoms with E-state index >= 15 is 0 Å². The topological polar surface area (TPSA) is 78.4 Å². The van der Waals surface area contributed by atoms with Crippen LogP contribution in [0.15, 0.2) is 0 Å². The molecule has 0 aromatic rings. The van der Waals surface area contributed by atoms with Crippen molar-refractivity contribution in [2.24, 2.45) is 0 Å². The lowest BCUT2D eigenvalue weighted by atomic mass is 10.1. The van der Waals surface area contributed by atoms with Crippen molar-refractivity contribution in [2.75, 3.05) is 0 Å². The number of hydrogen-bond donors (Lipinski definition) is 3. The summed E-state index contributed by atoms with van der Waals surface area (Å²) >= 11 is 0. The summed E-state index contributed by atoms with van der Waals surface area (Å²) in [6, 6.07) is -1.01. The number of carbonyl (C=O) groups excluding carboxylic acids is 1. The van der Waals surface area contributed by atoms with Gasteiger partial charge < -0.3 is 15.7 Å². The molecule has 0 aliphatic carbocycles. The molecule has 2 amide bonds. The largest absolute Gasteiger partial charge is 0.480 e. The van der Waals surface area contributed by atoms with Gasteiger partial charge >= 0.3 is 12.0 Å². The second-order valence-electron chi connectivity index (χ2n) is 5.28. The maximum Gasteiger partial charge on any atom is 0.326 e. The molecule has 0 bridgehead atoms. The van der Waals surface area contributed by atoms with Crippen LogP contribution in [0.3, 0.4) is 0 Å². The Morgan fingerprint density at radius 1 is 0.900 bits per heavy atom. The maximum absolute atomic E-state index is 11.9. The number of urea groups is 1. The first-order valence-electron chi connectivity index (χ1n) is 7.84. The predicted molar refractivity (Wildman–Crippen MR) is 80.8 cm³/mol. The highest BCUT2D eigenvalue weighted by Gasteiger charge is 2.20. The van der Waals surface area contributed by atoms with E-state index in [0.29, 0.717) is 6.42 Å². The molecule has 5 heteroatoms.